The van der Waals surface area contributed by atoms with E-state index in [0.717, 1.165) is 11.6 Å². The zero-order valence-electron chi connectivity index (χ0n) is 11.1. The van der Waals surface area contributed by atoms with Crippen molar-refractivity contribution in [1.29, 1.82) is 0 Å². The van der Waals surface area contributed by atoms with Crippen LogP contribution in [0.15, 0.2) is 36.4 Å². The summed E-state index contributed by atoms with van der Waals surface area (Å²) in [5, 5.41) is 8.59. The molecule has 0 spiro atoms. The molecule has 0 unspecified atom stereocenters. The van der Waals surface area contributed by atoms with Crippen LogP contribution < -0.4 is 9.47 Å². The molecule has 0 aliphatic rings. The first-order chi connectivity index (χ1) is 9.17. The third-order valence-electron chi connectivity index (χ3n) is 2.26. The van der Waals surface area contributed by atoms with Gasteiger partial charge in [-0.3, -0.25) is 0 Å². The van der Waals surface area contributed by atoms with E-state index in [0.29, 0.717) is 24.7 Å². The summed E-state index contributed by atoms with van der Waals surface area (Å²) in [4.78, 5) is 10.5. The number of benzene rings is 1. The third kappa shape index (κ3) is 5.29. The zero-order chi connectivity index (χ0) is 14.1. The molecule has 0 atom stereocenters. The van der Waals surface area contributed by atoms with E-state index in [4.69, 9.17) is 14.6 Å². The number of carboxylic acids is 1. The molecular weight excluding hydrogens is 244 g/mol. The van der Waals surface area contributed by atoms with Crippen LogP contribution in [0.1, 0.15) is 19.4 Å². The molecule has 0 fully saturated rings. The summed E-state index contributed by atoms with van der Waals surface area (Å²) in [6.07, 6.45) is 6.41. The Balaban J connectivity index is 2.90. The molecule has 4 nitrogen and oxygen atoms in total. The number of hydrogen-bond acceptors (Lipinski definition) is 3. The normalized spacial score (nSPS) is 11.1. The van der Waals surface area contributed by atoms with E-state index in [1.165, 1.54) is 6.08 Å². The molecule has 19 heavy (non-hydrogen) atoms. The summed E-state index contributed by atoms with van der Waals surface area (Å²) in [5.74, 6) is 0.276. The molecule has 102 valence electrons. The van der Waals surface area contributed by atoms with E-state index in [9.17, 15) is 4.79 Å². The number of carbonyl (C=O) groups is 1. The molecule has 0 amide bonds. The van der Waals surface area contributed by atoms with E-state index in [1.54, 1.807) is 18.2 Å². The third-order valence-corrected chi connectivity index (χ3v) is 2.26. The van der Waals surface area contributed by atoms with Crippen molar-refractivity contribution in [2.45, 2.75) is 13.8 Å². The molecule has 0 radical (unpaired) electrons. The van der Waals surface area contributed by atoms with Crippen molar-refractivity contribution >= 4 is 12.0 Å². The van der Waals surface area contributed by atoms with Crippen molar-refractivity contribution < 1.29 is 19.4 Å². The number of ether oxygens (including phenoxy) is 2. The lowest BCUT2D eigenvalue weighted by atomic mass is 10.2. The predicted molar refractivity (Wildman–Crippen MR) is 74.6 cm³/mol. The average molecular weight is 262 g/mol. The van der Waals surface area contributed by atoms with Crippen LogP contribution in [0.25, 0.3) is 6.08 Å². The SMILES string of the molecule is C/C=C/COc1ccc(/C=C/C(=O)O)cc1OCC. The predicted octanol–water partition coefficient (Wildman–Crippen LogP) is 3.14. The summed E-state index contributed by atoms with van der Waals surface area (Å²) in [7, 11) is 0. The summed E-state index contributed by atoms with van der Waals surface area (Å²) in [5.41, 5.74) is 0.754. The first-order valence-corrected chi connectivity index (χ1v) is 6.09. The highest BCUT2D eigenvalue weighted by Gasteiger charge is 2.05. The molecule has 1 aromatic carbocycles. The van der Waals surface area contributed by atoms with E-state index >= 15 is 0 Å². The average Bonchev–Trinajstić information content (AvgIpc) is 2.39. The van der Waals surface area contributed by atoms with Gasteiger partial charge in [0.1, 0.15) is 6.61 Å². The highest BCUT2D eigenvalue weighted by atomic mass is 16.5. The molecule has 4 heteroatoms. The smallest absolute Gasteiger partial charge is 0.328 e. The van der Waals surface area contributed by atoms with Gasteiger partial charge in [0, 0.05) is 6.08 Å². The van der Waals surface area contributed by atoms with Crippen molar-refractivity contribution in [3.63, 3.8) is 0 Å². The molecule has 0 saturated heterocycles. The molecule has 1 N–H and O–H groups in total. The summed E-state index contributed by atoms with van der Waals surface area (Å²) in [6, 6.07) is 5.32. The Labute approximate surface area is 113 Å². The van der Waals surface area contributed by atoms with Gasteiger partial charge in [-0.15, -0.1) is 0 Å². The molecule has 1 aromatic rings. The Morgan fingerprint density at radius 2 is 2.11 bits per heavy atom. The highest BCUT2D eigenvalue weighted by Crippen LogP contribution is 2.29. The zero-order valence-corrected chi connectivity index (χ0v) is 11.1. The van der Waals surface area contributed by atoms with Crippen LogP contribution in [0.3, 0.4) is 0 Å². The van der Waals surface area contributed by atoms with E-state index < -0.39 is 5.97 Å². The van der Waals surface area contributed by atoms with E-state index in [1.807, 2.05) is 26.0 Å². The maximum absolute atomic E-state index is 10.5. The molecular formula is C15H18O4. The van der Waals surface area contributed by atoms with Gasteiger partial charge in [-0.05, 0) is 37.6 Å². The lowest BCUT2D eigenvalue weighted by Crippen LogP contribution is -1.99. The van der Waals surface area contributed by atoms with Crippen molar-refractivity contribution in [1.82, 2.24) is 0 Å². The summed E-state index contributed by atoms with van der Waals surface area (Å²) < 4.78 is 11.0. The quantitative estimate of drug-likeness (QED) is 0.606. The Morgan fingerprint density at radius 3 is 2.74 bits per heavy atom. The Morgan fingerprint density at radius 1 is 1.32 bits per heavy atom. The standard InChI is InChI=1S/C15H18O4/c1-3-5-10-19-13-8-6-12(7-9-15(16)17)11-14(13)18-4-2/h3,5-9,11H,4,10H2,1-2H3,(H,16,17)/b5-3+,9-7+. The van der Waals surface area contributed by atoms with Gasteiger partial charge in [-0.1, -0.05) is 18.2 Å². The van der Waals surface area contributed by atoms with Gasteiger partial charge in [0.15, 0.2) is 11.5 Å². The molecule has 0 heterocycles. The number of carboxylic acid groups (broad SMARTS) is 1. The minimum absolute atomic E-state index is 0.473. The second-order valence-corrected chi connectivity index (χ2v) is 3.69. The van der Waals surface area contributed by atoms with Gasteiger partial charge in [0.2, 0.25) is 0 Å². The molecule has 0 bridgehead atoms. The summed E-state index contributed by atoms with van der Waals surface area (Å²) >= 11 is 0. The number of allylic oxidation sites excluding steroid dienone is 1. The van der Waals surface area contributed by atoms with Gasteiger partial charge in [0.05, 0.1) is 6.61 Å². The van der Waals surface area contributed by atoms with Crippen LogP contribution in [0.4, 0.5) is 0 Å². The second-order valence-electron chi connectivity index (χ2n) is 3.69. The minimum atomic E-state index is -0.980. The van der Waals surface area contributed by atoms with Crippen molar-refractivity contribution in [3.05, 3.63) is 42.0 Å². The maximum atomic E-state index is 10.5. The number of hydrogen-bond donors (Lipinski definition) is 1. The second kappa shape index (κ2) is 7.97. The lowest BCUT2D eigenvalue weighted by molar-refractivity contribution is -0.131. The van der Waals surface area contributed by atoms with Gasteiger partial charge < -0.3 is 14.6 Å². The fourth-order valence-electron chi connectivity index (χ4n) is 1.42. The number of aliphatic carboxylic acids is 1. The van der Waals surface area contributed by atoms with Crippen LogP contribution >= 0.6 is 0 Å². The molecule has 0 aliphatic heterocycles. The first-order valence-electron chi connectivity index (χ1n) is 6.09. The van der Waals surface area contributed by atoms with Crippen molar-refractivity contribution in [3.8, 4) is 11.5 Å². The van der Waals surface area contributed by atoms with E-state index in [-0.39, 0.29) is 0 Å². The van der Waals surface area contributed by atoms with Gasteiger partial charge >= 0.3 is 5.97 Å². The largest absolute Gasteiger partial charge is 0.490 e. The van der Waals surface area contributed by atoms with Crippen LogP contribution in [0, 0.1) is 0 Å². The van der Waals surface area contributed by atoms with Gasteiger partial charge in [-0.25, -0.2) is 4.79 Å². The van der Waals surface area contributed by atoms with Crippen molar-refractivity contribution in [2.24, 2.45) is 0 Å². The topological polar surface area (TPSA) is 55.8 Å². The van der Waals surface area contributed by atoms with Crippen LogP contribution in [0.2, 0.25) is 0 Å². The molecule has 1 rings (SSSR count). The molecule has 0 saturated carbocycles. The summed E-state index contributed by atoms with van der Waals surface area (Å²) in [6.45, 7) is 4.80. The monoisotopic (exact) mass is 262 g/mol. The van der Waals surface area contributed by atoms with Crippen molar-refractivity contribution in [2.75, 3.05) is 13.2 Å². The maximum Gasteiger partial charge on any atom is 0.328 e. The minimum Gasteiger partial charge on any atom is -0.490 e. The molecule has 0 aliphatic carbocycles. The van der Waals surface area contributed by atoms with Gasteiger partial charge in [-0.2, -0.15) is 0 Å². The van der Waals surface area contributed by atoms with Crippen LogP contribution in [-0.2, 0) is 4.79 Å². The fraction of sp³-hybridized carbons (Fsp3) is 0.267. The Hall–Kier alpha value is -2.23. The Kier molecular flexibility index (Phi) is 6.22. The van der Waals surface area contributed by atoms with Gasteiger partial charge in [0.25, 0.3) is 0 Å². The Bertz CT molecular complexity index is 475. The number of rotatable bonds is 7. The van der Waals surface area contributed by atoms with Crippen LogP contribution in [-0.4, -0.2) is 24.3 Å². The molecule has 0 aromatic heterocycles. The highest BCUT2D eigenvalue weighted by molar-refractivity contribution is 5.85. The first kappa shape index (κ1) is 14.8. The van der Waals surface area contributed by atoms with E-state index in [2.05, 4.69) is 0 Å². The fourth-order valence-corrected chi connectivity index (χ4v) is 1.42. The lowest BCUT2D eigenvalue weighted by Gasteiger charge is -2.11. The van der Waals surface area contributed by atoms with Crippen LogP contribution in [0.5, 0.6) is 11.5 Å².